The van der Waals surface area contributed by atoms with Crippen molar-refractivity contribution in [3.63, 3.8) is 0 Å². The van der Waals surface area contributed by atoms with Gasteiger partial charge in [0.1, 0.15) is 12.4 Å². The molecule has 2 aliphatic rings. The quantitative estimate of drug-likeness (QED) is 0.626. The molecule has 1 heterocycles. The minimum Gasteiger partial charge on any atom is -0.488 e. The third kappa shape index (κ3) is 3.13. The molecule has 0 unspecified atom stereocenters. The van der Waals surface area contributed by atoms with Crippen molar-refractivity contribution in [2.75, 3.05) is 13.7 Å². The van der Waals surface area contributed by atoms with Gasteiger partial charge in [-0.1, -0.05) is 45.9 Å². The number of fused-ring (bicyclic) bond motifs is 2. The van der Waals surface area contributed by atoms with Crippen molar-refractivity contribution in [2.24, 2.45) is 0 Å². The average molecular weight is 376 g/mol. The van der Waals surface area contributed by atoms with Gasteiger partial charge in [-0.05, 0) is 70.2 Å². The third-order valence-electron chi connectivity index (χ3n) is 6.37. The summed E-state index contributed by atoms with van der Waals surface area (Å²) in [6.07, 6.45) is 4.53. The third-order valence-corrected chi connectivity index (χ3v) is 6.37. The van der Waals surface area contributed by atoms with Gasteiger partial charge in [-0.15, -0.1) is 0 Å². The van der Waals surface area contributed by atoms with Crippen LogP contribution in [0.5, 0.6) is 5.75 Å². The molecule has 0 radical (unpaired) electrons. The molecule has 0 amide bonds. The van der Waals surface area contributed by atoms with Crippen molar-refractivity contribution in [3.05, 3.63) is 64.2 Å². The molecule has 3 heteroatoms. The highest BCUT2D eigenvalue weighted by atomic mass is 16.5. The van der Waals surface area contributed by atoms with Crippen molar-refractivity contribution in [1.29, 1.82) is 0 Å². The highest BCUT2D eigenvalue weighted by molar-refractivity contribution is 5.93. The minimum absolute atomic E-state index is 0.174. The van der Waals surface area contributed by atoms with Gasteiger partial charge >= 0.3 is 5.97 Å². The molecule has 0 saturated carbocycles. The molecule has 0 saturated heterocycles. The number of esters is 1. The van der Waals surface area contributed by atoms with E-state index in [1.54, 1.807) is 6.07 Å². The highest BCUT2D eigenvalue weighted by Crippen LogP contribution is 2.46. The summed E-state index contributed by atoms with van der Waals surface area (Å²) in [5.74, 6) is 0.469. The molecule has 1 aliphatic heterocycles. The lowest BCUT2D eigenvalue weighted by atomic mass is 9.63. The van der Waals surface area contributed by atoms with E-state index < -0.39 is 0 Å². The molecule has 0 spiro atoms. The van der Waals surface area contributed by atoms with Crippen molar-refractivity contribution in [3.8, 4) is 5.75 Å². The Morgan fingerprint density at radius 2 is 1.68 bits per heavy atom. The fourth-order valence-electron chi connectivity index (χ4n) is 4.38. The molecule has 146 valence electrons. The minimum atomic E-state index is -0.332. The molecule has 1 aliphatic carbocycles. The van der Waals surface area contributed by atoms with Crippen molar-refractivity contribution in [1.82, 2.24) is 0 Å². The van der Waals surface area contributed by atoms with Crippen LogP contribution in [0.3, 0.4) is 0 Å². The van der Waals surface area contributed by atoms with Gasteiger partial charge in [-0.3, -0.25) is 0 Å². The van der Waals surface area contributed by atoms with E-state index in [0.29, 0.717) is 12.2 Å². The molecule has 0 bridgehead atoms. The van der Waals surface area contributed by atoms with Crippen LogP contribution in [0, 0.1) is 0 Å². The van der Waals surface area contributed by atoms with Crippen LogP contribution in [0.4, 0.5) is 0 Å². The summed E-state index contributed by atoms with van der Waals surface area (Å²) < 4.78 is 10.8. The van der Waals surface area contributed by atoms with Crippen LogP contribution in [0.2, 0.25) is 0 Å². The summed E-state index contributed by atoms with van der Waals surface area (Å²) >= 11 is 0. The van der Waals surface area contributed by atoms with E-state index >= 15 is 0 Å². The van der Waals surface area contributed by atoms with E-state index in [0.717, 1.165) is 16.9 Å². The smallest absolute Gasteiger partial charge is 0.337 e. The first-order valence-electron chi connectivity index (χ1n) is 9.92. The lowest BCUT2D eigenvalue weighted by Crippen LogP contribution is -2.33. The van der Waals surface area contributed by atoms with E-state index in [9.17, 15) is 4.79 Å². The maximum atomic E-state index is 11.9. The molecule has 4 rings (SSSR count). The lowest BCUT2D eigenvalue weighted by Gasteiger charge is -2.42. The van der Waals surface area contributed by atoms with E-state index in [1.165, 1.54) is 36.6 Å². The summed E-state index contributed by atoms with van der Waals surface area (Å²) in [6, 6.07) is 12.3. The van der Waals surface area contributed by atoms with Gasteiger partial charge < -0.3 is 9.47 Å². The number of rotatable bonds is 2. The Labute approximate surface area is 167 Å². The Hall–Kier alpha value is -2.55. The van der Waals surface area contributed by atoms with Crippen LogP contribution in [0.1, 0.15) is 73.1 Å². The zero-order valence-electron chi connectivity index (χ0n) is 17.4. The Morgan fingerprint density at radius 3 is 2.39 bits per heavy atom. The van der Waals surface area contributed by atoms with Gasteiger partial charge in [-0.25, -0.2) is 4.79 Å². The Morgan fingerprint density at radius 1 is 0.964 bits per heavy atom. The maximum absolute atomic E-state index is 11.9. The first kappa shape index (κ1) is 18.8. The number of carbonyl (C=O) groups is 1. The maximum Gasteiger partial charge on any atom is 0.337 e. The summed E-state index contributed by atoms with van der Waals surface area (Å²) in [7, 11) is 1.40. The van der Waals surface area contributed by atoms with E-state index in [-0.39, 0.29) is 16.8 Å². The fraction of sp³-hybridized carbons (Fsp3) is 0.400. The molecule has 0 fully saturated rings. The van der Waals surface area contributed by atoms with E-state index in [4.69, 9.17) is 9.47 Å². The number of carbonyl (C=O) groups excluding carboxylic acids is 1. The average Bonchev–Trinajstić information content (AvgIpc) is 2.70. The van der Waals surface area contributed by atoms with Gasteiger partial charge in [0.25, 0.3) is 0 Å². The number of ether oxygens (including phenoxy) is 2. The fourth-order valence-corrected chi connectivity index (χ4v) is 4.38. The molecule has 0 N–H and O–H groups in total. The first-order valence-corrected chi connectivity index (χ1v) is 9.92. The number of methoxy groups -OCH3 is 1. The molecule has 2 aromatic carbocycles. The van der Waals surface area contributed by atoms with Gasteiger partial charge in [0.15, 0.2) is 0 Å². The predicted octanol–water partition coefficient (Wildman–Crippen LogP) is 5.76. The molecule has 0 aromatic heterocycles. The first-order chi connectivity index (χ1) is 13.2. The topological polar surface area (TPSA) is 35.5 Å². The van der Waals surface area contributed by atoms with Crippen LogP contribution in [-0.2, 0) is 15.6 Å². The molecule has 0 atom stereocenters. The van der Waals surface area contributed by atoms with Crippen LogP contribution >= 0.6 is 0 Å². The summed E-state index contributed by atoms with van der Waals surface area (Å²) in [4.78, 5) is 11.9. The Bertz CT molecular complexity index is 979. The normalized spacial score (nSPS) is 19.0. The summed E-state index contributed by atoms with van der Waals surface area (Å²) in [6.45, 7) is 9.90. The van der Waals surface area contributed by atoms with Gasteiger partial charge in [0.05, 0.1) is 12.7 Å². The molecular weight excluding hydrogens is 348 g/mol. The molecule has 28 heavy (non-hydrogen) atoms. The molecule has 3 nitrogen and oxygen atoms in total. The molecular formula is C25H28O3. The van der Waals surface area contributed by atoms with Crippen molar-refractivity contribution in [2.45, 2.75) is 51.4 Å². The summed E-state index contributed by atoms with van der Waals surface area (Å²) in [5.41, 5.74) is 7.07. The lowest BCUT2D eigenvalue weighted by molar-refractivity contribution is 0.0600. The van der Waals surface area contributed by atoms with Gasteiger partial charge in [-0.2, -0.15) is 0 Å². The largest absolute Gasteiger partial charge is 0.488 e. The highest BCUT2D eigenvalue weighted by Gasteiger charge is 2.37. The van der Waals surface area contributed by atoms with Crippen LogP contribution in [0.25, 0.3) is 11.6 Å². The Kier molecular flexibility index (Phi) is 4.37. The summed E-state index contributed by atoms with van der Waals surface area (Å²) in [5, 5.41) is 0. The second-order valence-corrected chi connectivity index (χ2v) is 9.23. The van der Waals surface area contributed by atoms with Crippen molar-refractivity contribution < 1.29 is 14.3 Å². The van der Waals surface area contributed by atoms with Gasteiger partial charge in [0.2, 0.25) is 0 Å². The van der Waals surface area contributed by atoms with Crippen LogP contribution < -0.4 is 4.74 Å². The van der Waals surface area contributed by atoms with Gasteiger partial charge in [0, 0.05) is 5.56 Å². The Balaban J connectivity index is 1.77. The second-order valence-electron chi connectivity index (χ2n) is 9.23. The van der Waals surface area contributed by atoms with E-state index in [2.05, 4.69) is 52.0 Å². The number of benzene rings is 2. The zero-order chi connectivity index (χ0) is 20.1. The van der Waals surface area contributed by atoms with Crippen LogP contribution in [0.15, 0.2) is 36.4 Å². The zero-order valence-corrected chi connectivity index (χ0v) is 17.4. The van der Waals surface area contributed by atoms with Crippen molar-refractivity contribution >= 4 is 17.6 Å². The second kappa shape index (κ2) is 6.51. The molecule has 2 aromatic rings. The van der Waals surface area contributed by atoms with Crippen LogP contribution in [-0.4, -0.2) is 19.7 Å². The monoisotopic (exact) mass is 376 g/mol. The standard InChI is InChI=1S/C25H28O3/c1-24(2)10-11-25(3,4)21-14-16(6-8-20(21)24)19-13-18-12-17(23(26)27-5)7-9-22(18)28-15-19/h6-9,12-14H,10-11,15H2,1-5H3. The number of hydrogen-bond acceptors (Lipinski definition) is 3. The number of hydrogen-bond donors (Lipinski definition) is 0. The predicted molar refractivity (Wildman–Crippen MR) is 113 cm³/mol. The SMILES string of the molecule is COC(=O)c1ccc2c(c1)C=C(c1ccc3c(c1)C(C)(C)CCC3(C)C)CO2. The van der Waals surface area contributed by atoms with E-state index in [1.807, 2.05) is 12.1 Å².